The van der Waals surface area contributed by atoms with Crippen LogP contribution in [0.25, 0.3) is 0 Å². The summed E-state index contributed by atoms with van der Waals surface area (Å²) in [7, 11) is 0. The van der Waals surface area contributed by atoms with Gasteiger partial charge in [-0.25, -0.2) is 0 Å². The Morgan fingerprint density at radius 1 is 1.06 bits per heavy atom. The normalized spacial score (nSPS) is 10.9. The highest BCUT2D eigenvalue weighted by Gasteiger charge is 2.00. The number of unbranched alkanes of at least 4 members (excludes halogenated alkanes) is 7. The molecule has 0 aliphatic carbocycles. The molecule has 1 rings (SSSR count). The molecule has 0 spiro atoms. The van der Waals surface area contributed by atoms with Crippen molar-refractivity contribution in [3.05, 3.63) is 15.2 Å². The molecule has 0 saturated heterocycles. The second-order valence-electron chi connectivity index (χ2n) is 4.38. The molecular formula is C14H23BrS2. The van der Waals surface area contributed by atoms with Gasteiger partial charge in [-0.15, -0.1) is 23.1 Å². The molecule has 1 heterocycles. The van der Waals surface area contributed by atoms with Gasteiger partial charge in [0.1, 0.15) is 0 Å². The third-order valence-corrected chi connectivity index (χ3v) is 6.06. The molecule has 0 N–H and O–H groups in total. The molecule has 0 fully saturated rings. The van der Waals surface area contributed by atoms with Gasteiger partial charge in [0.25, 0.3) is 0 Å². The predicted molar refractivity (Wildman–Crippen MR) is 85.4 cm³/mol. The van der Waals surface area contributed by atoms with E-state index in [0.29, 0.717) is 0 Å². The predicted octanol–water partition coefficient (Wildman–Crippen LogP) is 6.74. The molecule has 98 valence electrons. The van der Waals surface area contributed by atoms with Crippen LogP contribution in [0.4, 0.5) is 0 Å². The van der Waals surface area contributed by atoms with E-state index in [-0.39, 0.29) is 0 Å². The molecule has 0 bridgehead atoms. The zero-order chi connectivity index (χ0) is 12.3. The first-order chi connectivity index (χ1) is 8.34. The van der Waals surface area contributed by atoms with Crippen LogP contribution < -0.4 is 0 Å². The van der Waals surface area contributed by atoms with Gasteiger partial charge in [0.2, 0.25) is 0 Å². The Kier molecular flexibility index (Phi) is 9.58. The summed E-state index contributed by atoms with van der Waals surface area (Å²) < 4.78 is 1.29. The van der Waals surface area contributed by atoms with Crippen molar-refractivity contribution < 1.29 is 0 Å². The highest BCUT2D eigenvalue weighted by Crippen LogP contribution is 2.32. The van der Waals surface area contributed by atoms with Gasteiger partial charge in [-0.2, -0.15) is 0 Å². The van der Waals surface area contributed by atoms with Gasteiger partial charge in [-0.1, -0.05) is 51.9 Å². The van der Waals surface area contributed by atoms with Crippen LogP contribution in [0.15, 0.2) is 20.1 Å². The van der Waals surface area contributed by atoms with Crippen molar-refractivity contribution >= 4 is 39.0 Å². The van der Waals surface area contributed by atoms with Gasteiger partial charge in [-0.05, 0) is 39.6 Å². The maximum Gasteiger partial charge on any atom is 0.0834 e. The lowest BCUT2D eigenvalue weighted by Gasteiger charge is -2.01. The van der Waals surface area contributed by atoms with Crippen molar-refractivity contribution in [3.8, 4) is 0 Å². The van der Waals surface area contributed by atoms with Crippen molar-refractivity contribution in [2.45, 2.75) is 63.2 Å². The summed E-state index contributed by atoms with van der Waals surface area (Å²) in [6, 6.07) is 2.21. The molecule has 0 amide bonds. The fraction of sp³-hybridized carbons (Fsp3) is 0.714. The Morgan fingerprint density at radius 2 is 1.71 bits per heavy atom. The molecule has 0 aliphatic rings. The SMILES string of the molecule is CCCCCCCCCCSc1ccsc1Br. The summed E-state index contributed by atoms with van der Waals surface area (Å²) >= 11 is 7.35. The average Bonchev–Trinajstić information content (AvgIpc) is 2.73. The first-order valence-electron chi connectivity index (χ1n) is 6.70. The molecule has 0 aliphatic heterocycles. The number of halogens is 1. The number of rotatable bonds is 10. The first kappa shape index (κ1) is 15.6. The molecule has 0 unspecified atom stereocenters. The van der Waals surface area contributed by atoms with Crippen LogP contribution in [0.5, 0.6) is 0 Å². The Balaban J connectivity index is 1.86. The average molecular weight is 335 g/mol. The van der Waals surface area contributed by atoms with E-state index in [2.05, 4.69) is 34.3 Å². The van der Waals surface area contributed by atoms with E-state index in [1.165, 1.54) is 65.8 Å². The topological polar surface area (TPSA) is 0 Å². The van der Waals surface area contributed by atoms with E-state index in [1.54, 1.807) is 11.3 Å². The molecule has 0 nitrogen and oxygen atoms in total. The number of thiophene rings is 1. The lowest BCUT2D eigenvalue weighted by atomic mass is 10.1. The van der Waals surface area contributed by atoms with Crippen LogP contribution >= 0.6 is 39.0 Å². The van der Waals surface area contributed by atoms with Crippen LogP contribution in [-0.4, -0.2) is 5.75 Å². The second kappa shape index (κ2) is 10.5. The zero-order valence-corrected chi connectivity index (χ0v) is 13.9. The quantitative estimate of drug-likeness (QED) is 0.337. The first-order valence-corrected chi connectivity index (χ1v) is 9.36. The van der Waals surface area contributed by atoms with Gasteiger partial charge in [0, 0.05) is 4.90 Å². The van der Waals surface area contributed by atoms with Crippen molar-refractivity contribution in [1.82, 2.24) is 0 Å². The van der Waals surface area contributed by atoms with E-state index in [0.717, 1.165) is 0 Å². The standard InChI is InChI=1S/C14H23BrS2/c1-2-3-4-5-6-7-8-9-11-16-13-10-12-17-14(13)15/h10,12H,2-9,11H2,1H3. The molecule has 3 heteroatoms. The maximum atomic E-state index is 3.58. The highest BCUT2D eigenvalue weighted by molar-refractivity contribution is 9.11. The zero-order valence-electron chi connectivity index (χ0n) is 10.7. The highest BCUT2D eigenvalue weighted by atomic mass is 79.9. The maximum absolute atomic E-state index is 3.58. The lowest BCUT2D eigenvalue weighted by Crippen LogP contribution is -1.83. The van der Waals surface area contributed by atoms with Crippen LogP contribution in [0, 0.1) is 0 Å². The largest absolute Gasteiger partial charge is 0.136 e. The van der Waals surface area contributed by atoms with Crippen LogP contribution in [0.2, 0.25) is 0 Å². The molecule has 1 aromatic rings. The minimum Gasteiger partial charge on any atom is -0.136 e. The monoisotopic (exact) mass is 334 g/mol. The summed E-state index contributed by atoms with van der Waals surface area (Å²) in [5.74, 6) is 1.27. The Morgan fingerprint density at radius 3 is 2.29 bits per heavy atom. The van der Waals surface area contributed by atoms with Crippen LogP contribution in [-0.2, 0) is 0 Å². The van der Waals surface area contributed by atoms with E-state index in [1.807, 2.05) is 11.8 Å². The molecule has 0 radical (unpaired) electrons. The van der Waals surface area contributed by atoms with Crippen molar-refractivity contribution in [3.63, 3.8) is 0 Å². The van der Waals surface area contributed by atoms with E-state index in [4.69, 9.17) is 0 Å². The molecule has 0 saturated carbocycles. The third kappa shape index (κ3) is 7.53. The van der Waals surface area contributed by atoms with Gasteiger partial charge >= 0.3 is 0 Å². The van der Waals surface area contributed by atoms with Crippen LogP contribution in [0.3, 0.4) is 0 Å². The summed E-state index contributed by atoms with van der Waals surface area (Å²) in [5.41, 5.74) is 0. The fourth-order valence-corrected chi connectivity index (χ4v) is 4.36. The second-order valence-corrected chi connectivity index (χ2v) is 7.75. The summed E-state index contributed by atoms with van der Waals surface area (Å²) in [5, 5.41) is 2.15. The van der Waals surface area contributed by atoms with Crippen LogP contribution in [0.1, 0.15) is 58.3 Å². The Labute approximate surface area is 123 Å². The minimum absolute atomic E-state index is 1.27. The van der Waals surface area contributed by atoms with E-state index < -0.39 is 0 Å². The van der Waals surface area contributed by atoms with E-state index >= 15 is 0 Å². The third-order valence-electron chi connectivity index (χ3n) is 2.84. The van der Waals surface area contributed by atoms with Crippen molar-refractivity contribution in [2.24, 2.45) is 0 Å². The fourth-order valence-electron chi connectivity index (χ4n) is 1.80. The van der Waals surface area contributed by atoms with Gasteiger partial charge in [0.15, 0.2) is 0 Å². The molecule has 1 aromatic heterocycles. The summed E-state index contributed by atoms with van der Waals surface area (Å²) in [6.45, 7) is 2.28. The molecule has 17 heavy (non-hydrogen) atoms. The lowest BCUT2D eigenvalue weighted by molar-refractivity contribution is 0.586. The van der Waals surface area contributed by atoms with Gasteiger partial charge < -0.3 is 0 Å². The molecule has 0 aromatic carbocycles. The molecule has 0 atom stereocenters. The van der Waals surface area contributed by atoms with Gasteiger partial charge in [-0.3, -0.25) is 0 Å². The van der Waals surface area contributed by atoms with E-state index in [9.17, 15) is 0 Å². The summed E-state index contributed by atoms with van der Waals surface area (Å²) in [6.07, 6.45) is 11.3. The Bertz CT molecular complexity index is 284. The smallest absolute Gasteiger partial charge is 0.0834 e. The summed E-state index contributed by atoms with van der Waals surface area (Å²) in [4.78, 5) is 1.41. The van der Waals surface area contributed by atoms with Crippen molar-refractivity contribution in [2.75, 3.05) is 5.75 Å². The molecular weight excluding hydrogens is 312 g/mol. The minimum atomic E-state index is 1.27. The number of hydrogen-bond acceptors (Lipinski definition) is 2. The number of hydrogen-bond donors (Lipinski definition) is 0. The Hall–Kier alpha value is 0.530. The van der Waals surface area contributed by atoms with Crippen molar-refractivity contribution in [1.29, 1.82) is 0 Å². The van der Waals surface area contributed by atoms with Gasteiger partial charge in [0.05, 0.1) is 3.79 Å². The number of thioether (sulfide) groups is 1.